The van der Waals surface area contributed by atoms with Crippen molar-refractivity contribution in [3.8, 4) is 6.07 Å². The quantitative estimate of drug-likeness (QED) is 0.860. The summed E-state index contributed by atoms with van der Waals surface area (Å²) in [6.07, 6.45) is 0. The number of nitrogen functional groups attached to an aromatic ring is 1. The maximum Gasteiger partial charge on any atom is 0.0991 e. The van der Waals surface area contributed by atoms with Gasteiger partial charge in [-0.15, -0.1) is 0 Å². The zero-order valence-corrected chi connectivity index (χ0v) is 11.9. The normalized spacial score (nSPS) is 10.3. The van der Waals surface area contributed by atoms with E-state index >= 15 is 0 Å². The SMILES string of the molecule is CC(C)N(Cc1ccc(N)cc1)c1ccc(C#N)cc1. The number of rotatable bonds is 4. The Morgan fingerprint density at radius 2 is 1.65 bits per heavy atom. The van der Waals surface area contributed by atoms with Crippen molar-refractivity contribution in [2.75, 3.05) is 10.6 Å². The van der Waals surface area contributed by atoms with Gasteiger partial charge in [-0.2, -0.15) is 5.26 Å². The van der Waals surface area contributed by atoms with Crippen molar-refractivity contribution in [1.29, 1.82) is 5.26 Å². The van der Waals surface area contributed by atoms with Crippen molar-refractivity contribution in [2.24, 2.45) is 0 Å². The Hall–Kier alpha value is -2.47. The van der Waals surface area contributed by atoms with Crippen LogP contribution in [-0.4, -0.2) is 6.04 Å². The average molecular weight is 265 g/mol. The Labute approximate surface area is 120 Å². The Bertz CT molecular complexity index is 592. The lowest BCUT2D eigenvalue weighted by Gasteiger charge is -2.29. The molecule has 0 radical (unpaired) electrons. The van der Waals surface area contributed by atoms with Crippen molar-refractivity contribution >= 4 is 11.4 Å². The van der Waals surface area contributed by atoms with E-state index in [0.717, 1.165) is 17.9 Å². The van der Waals surface area contributed by atoms with Gasteiger partial charge in [0.15, 0.2) is 0 Å². The smallest absolute Gasteiger partial charge is 0.0991 e. The maximum atomic E-state index is 8.86. The van der Waals surface area contributed by atoms with E-state index in [1.165, 1.54) is 5.56 Å². The first-order valence-corrected chi connectivity index (χ1v) is 6.71. The van der Waals surface area contributed by atoms with Gasteiger partial charge in [0.05, 0.1) is 11.6 Å². The highest BCUT2D eigenvalue weighted by molar-refractivity contribution is 5.51. The molecular weight excluding hydrogens is 246 g/mol. The first-order valence-electron chi connectivity index (χ1n) is 6.71. The molecule has 0 atom stereocenters. The van der Waals surface area contributed by atoms with E-state index in [-0.39, 0.29) is 0 Å². The molecule has 3 nitrogen and oxygen atoms in total. The highest BCUT2D eigenvalue weighted by atomic mass is 15.1. The van der Waals surface area contributed by atoms with Crippen LogP contribution in [0, 0.1) is 11.3 Å². The summed E-state index contributed by atoms with van der Waals surface area (Å²) in [5, 5.41) is 8.86. The second kappa shape index (κ2) is 6.12. The van der Waals surface area contributed by atoms with Gasteiger partial charge in [-0.1, -0.05) is 12.1 Å². The van der Waals surface area contributed by atoms with E-state index in [1.54, 1.807) is 0 Å². The Kier molecular flexibility index (Phi) is 4.27. The highest BCUT2D eigenvalue weighted by Gasteiger charge is 2.11. The molecule has 0 aromatic heterocycles. The number of hydrogen-bond acceptors (Lipinski definition) is 3. The summed E-state index contributed by atoms with van der Waals surface area (Å²) in [7, 11) is 0. The molecule has 2 rings (SSSR count). The molecule has 0 heterocycles. The molecule has 3 heteroatoms. The molecule has 20 heavy (non-hydrogen) atoms. The van der Waals surface area contributed by atoms with Gasteiger partial charge in [-0.25, -0.2) is 0 Å². The summed E-state index contributed by atoms with van der Waals surface area (Å²) >= 11 is 0. The average Bonchev–Trinajstić information content (AvgIpc) is 2.46. The minimum atomic E-state index is 0.375. The number of anilines is 2. The lowest BCUT2D eigenvalue weighted by atomic mass is 10.1. The first kappa shape index (κ1) is 14.0. The van der Waals surface area contributed by atoms with Crippen molar-refractivity contribution in [1.82, 2.24) is 0 Å². The van der Waals surface area contributed by atoms with Gasteiger partial charge >= 0.3 is 0 Å². The number of nitrogens with zero attached hydrogens (tertiary/aromatic N) is 2. The molecule has 2 N–H and O–H groups in total. The molecule has 0 aliphatic heterocycles. The molecule has 102 valence electrons. The van der Waals surface area contributed by atoms with E-state index < -0.39 is 0 Å². The molecule has 0 bridgehead atoms. The highest BCUT2D eigenvalue weighted by Crippen LogP contribution is 2.21. The first-order chi connectivity index (χ1) is 9.60. The molecule has 0 amide bonds. The molecule has 0 spiro atoms. The van der Waals surface area contributed by atoms with E-state index in [2.05, 4.69) is 24.8 Å². The van der Waals surface area contributed by atoms with Crippen LogP contribution in [0.15, 0.2) is 48.5 Å². The van der Waals surface area contributed by atoms with Crippen LogP contribution in [0.5, 0.6) is 0 Å². The molecule has 0 aliphatic carbocycles. The molecule has 2 aromatic carbocycles. The zero-order chi connectivity index (χ0) is 14.5. The van der Waals surface area contributed by atoms with Crippen molar-refractivity contribution < 1.29 is 0 Å². The largest absolute Gasteiger partial charge is 0.399 e. The van der Waals surface area contributed by atoms with Crippen LogP contribution >= 0.6 is 0 Å². The Balaban J connectivity index is 2.22. The van der Waals surface area contributed by atoms with Gasteiger partial charge in [-0.05, 0) is 55.8 Å². The molecule has 2 aromatic rings. The van der Waals surface area contributed by atoms with Crippen LogP contribution in [-0.2, 0) is 6.54 Å². The van der Waals surface area contributed by atoms with Crippen molar-refractivity contribution in [3.05, 3.63) is 59.7 Å². The molecular formula is C17H19N3. The van der Waals surface area contributed by atoms with Crippen LogP contribution in [0.3, 0.4) is 0 Å². The maximum absolute atomic E-state index is 8.86. The van der Waals surface area contributed by atoms with Gasteiger partial charge in [0.2, 0.25) is 0 Å². The topological polar surface area (TPSA) is 53.0 Å². The number of hydrogen-bond donors (Lipinski definition) is 1. The van der Waals surface area contributed by atoms with Crippen LogP contribution in [0.1, 0.15) is 25.0 Å². The Morgan fingerprint density at radius 1 is 1.05 bits per heavy atom. The van der Waals surface area contributed by atoms with Crippen LogP contribution in [0.2, 0.25) is 0 Å². The third-order valence-electron chi connectivity index (χ3n) is 3.28. The third kappa shape index (κ3) is 3.30. The van der Waals surface area contributed by atoms with Crippen LogP contribution < -0.4 is 10.6 Å². The minimum Gasteiger partial charge on any atom is -0.399 e. The van der Waals surface area contributed by atoms with E-state index in [0.29, 0.717) is 11.6 Å². The fourth-order valence-electron chi connectivity index (χ4n) is 2.12. The molecule has 0 saturated heterocycles. The number of nitrogens with two attached hydrogens (primary N) is 1. The molecule has 0 fully saturated rings. The monoisotopic (exact) mass is 265 g/mol. The lowest BCUT2D eigenvalue weighted by molar-refractivity contribution is 0.682. The number of nitriles is 1. The summed E-state index contributed by atoms with van der Waals surface area (Å²) in [6.45, 7) is 5.15. The summed E-state index contributed by atoms with van der Waals surface area (Å²) in [4.78, 5) is 2.30. The predicted octanol–water partition coefficient (Wildman–Crippen LogP) is 3.56. The third-order valence-corrected chi connectivity index (χ3v) is 3.28. The van der Waals surface area contributed by atoms with Crippen LogP contribution in [0.4, 0.5) is 11.4 Å². The van der Waals surface area contributed by atoms with E-state index in [9.17, 15) is 0 Å². The van der Waals surface area contributed by atoms with Gasteiger partial charge in [-0.3, -0.25) is 0 Å². The standard InChI is InChI=1S/C17H19N3/c1-13(2)20(12-15-3-7-16(19)8-4-15)17-9-5-14(11-18)6-10-17/h3-10,13H,12,19H2,1-2H3. The summed E-state index contributed by atoms with van der Waals surface area (Å²) in [5.41, 5.74) is 9.52. The predicted molar refractivity (Wildman–Crippen MR) is 83.3 cm³/mol. The van der Waals surface area contributed by atoms with Gasteiger partial charge < -0.3 is 10.6 Å². The van der Waals surface area contributed by atoms with Gasteiger partial charge in [0, 0.05) is 24.0 Å². The van der Waals surface area contributed by atoms with Gasteiger partial charge in [0.1, 0.15) is 0 Å². The second-order valence-corrected chi connectivity index (χ2v) is 5.12. The Morgan fingerprint density at radius 3 is 2.15 bits per heavy atom. The summed E-state index contributed by atoms with van der Waals surface area (Å²) < 4.78 is 0. The van der Waals surface area contributed by atoms with E-state index in [4.69, 9.17) is 11.0 Å². The fraction of sp³-hybridized carbons (Fsp3) is 0.235. The van der Waals surface area contributed by atoms with E-state index in [1.807, 2.05) is 48.5 Å². The minimum absolute atomic E-state index is 0.375. The molecule has 0 aliphatic rings. The summed E-state index contributed by atoms with van der Waals surface area (Å²) in [6, 6.07) is 18.2. The van der Waals surface area contributed by atoms with Gasteiger partial charge in [0.25, 0.3) is 0 Å². The zero-order valence-electron chi connectivity index (χ0n) is 11.9. The summed E-state index contributed by atoms with van der Waals surface area (Å²) in [5.74, 6) is 0. The lowest BCUT2D eigenvalue weighted by Crippen LogP contribution is -2.30. The fourth-order valence-corrected chi connectivity index (χ4v) is 2.12. The molecule has 0 saturated carbocycles. The number of benzene rings is 2. The molecule has 0 unspecified atom stereocenters. The van der Waals surface area contributed by atoms with Crippen LogP contribution in [0.25, 0.3) is 0 Å². The van der Waals surface area contributed by atoms with Crippen molar-refractivity contribution in [2.45, 2.75) is 26.4 Å². The second-order valence-electron chi connectivity index (χ2n) is 5.12. The van der Waals surface area contributed by atoms with Crippen molar-refractivity contribution in [3.63, 3.8) is 0 Å².